The summed E-state index contributed by atoms with van der Waals surface area (Å²) in [6.07, 6.45) is 1.34. The number of guanidine groups is 1. The van der Waals surface area contributed by atoms with Gasteiger partial charge in [0.25, 0.3) is 5.91 Å². The second-order valence-corrected chi connectivity index (χ2v) is 7.04. The Bertz CT molecular complexity index is 910. The first-order chi connectivity index (χ1) is 15.1. The molecule has 166 valence electrons. The first kappa shape index (κ1) is 22.4. The minimum Gasteiger partial charge on any atom is -0.493 e. The first-order valence-corrected chi connectivity index (χ1v) is 10.4. The molecule has 3 rings (SSSR count). The van der Waals surface area contributed by atoms with Gasteiger partial charge in [-0.15, -0.1) is 0 Å². The van der Waals surface area contributed by atoms with E-state index in [-0.39, 0.29) is 12.0 Å². The average molecular weight is 427 g/mol. The van der Waals surface area contributed by atoms with Gasteiger partial charge in [0.05, 0.1) is 13.7 Å². The van der Waals surface area contributed by atoms with E-state index in [2.05, 4.69) is 20.9 Å². The third kappa shape index (κ3) is 6.36. The Labute approximate surface area is 183 Å². The topological polar surface area (TPSA) is 93.2 Å². The van der Waals surface area contributed by atoms with Crippen molar-refractivity contribution in [1.29, 1.82) is 0 Å². The second-order valence-electron chi connectivity index (χ2n) is 7.04. The summed E-state index contributed by atoms with van der Waals surface area (Å²) in [6.45, 7) is 3.69. The third-order valence-corrected chi connectivity index (χ3v) is 4.83. The highest BCUT2D eigenvalue weighted by atomic mass is 16.5. The maximum Gasteiger partial charge on any atom is 0.253 e. The van der Waals surface area contributed by atoms with E-state index >= 15 is 0 Å². The van der Waals surface area contributed by atoms with E-state index in [1.807, 2.05) is 49.4 Å². The summed E-state index contributed by atoms with van der Waals surface area (Å²) in [6, 6.07) is 13.3. The number of rotatable bonds is 8. The number of benzene rings is 2. The minimum atomic E-state index is -0.351. The minimum absolute atomic E-state index is 0.0930. The average Bonchev–Trinajstić information content (AvgIpc) is 3.33. The summed E-state index contributed by atoms with van der Waals surface area (Å²) in [5.74, 6) is 1.86. The van der Waals surface area contributed by atoms with Crippen molar-refractivity contribution in [2.45, 2.75) is 32.4 Å². The number of nitrogens with zero attached hydrogens (tertiary/aromatic N) is 1. The molecule has 1 heterocycles. The fraction of sp³-hybridized carbons (Fsp3) is 0.391. The summed E-state index contributed by atoms with van der Waals surface area (Å²) in [5, 5.41) is 9.45. The third-order valence-electron chi connectivity index (χ3n) is 4.83. The number of hydrogen-bond donors (Lipinski definition) is 3. The van der Waals surface area contributed by atoms with Gasteiger partial charge in [-0.1, -0.05) is 12.1 Å². The predicted octanol–water partition coefficient (Wildman–Crippen LogP) is 3.40. The smallest absolute Gasteiger partial charge is 0.253 e. The summed E-state index contributed by atoms with van der Waals surface area (Å²) >= 11 is 0. The van der Waals surface area contributed by atoms with Gasteiger partial charge >= 0.3 is 0 Å². The molecule has 8 heteroatoms. The maximum atomic E-state index is 12.3. The summed E-state index contributed by atoms with van der Waals surface area (Å²) in [7, 11) is 3.32. The summed E-state index contributed by atoms with van der Waals surface area (Å²) < 4.78 is 16.4. The van der Waals surface area contributed by atoms with Crippen LogP contribution in [0.3, 0.4) is 0 Å². The molecule has 0 aliphatic carbocycles. The van der Waals surface area contributed by atoms with Crippen LogP contribution in [0.5, 0.6) is 11.5 Å². The van der Waals surface area contributed by atoms with Gasteiger partial charge in [-0.25, -0.2) is 0 Å². The van der Waals surface area contributed by atoms with Crippen LogP contribution in [-0.4, -0.2) is 45.3 Å². The SMILES string of the molecule is CCOc1ccc(NC(=NC)NCc2cccc(NC(=O)C3CCCO3)c2)cc1OC. The Morgan fingerprint density at radius 2 is 2.00 bits per heavy atom. The lowest BCUT2D eigenvalue weighted by Crippen LogP contribution is -2.30. The predicted molar refractivity (Wildman–Crippen MR) is 122 cm³/mol. The Kier molecular flexibility index (Phi) is 8.12. The first-order valence-electron chi connectivity index (χ1n) is 10.4. The zero-order chi connectivity index (χ0) is 22.1. The molecule has 3 N–H and O–H groups in total. The highest BCUT2D eigenvalue weighted by molar-refractivity contribution is 5.95. The molecule has 1 unspecified atom stereocenters. The van der Waals surface area contributed by atoms with Crippen LogP contribution < -0.4 is 25.4 Å². The molecule has 1 saturated heterocycles. The highest BCUT2D eigenvalue weighted by Gasteiger charge is 2.23. The van der Waals surface area contributed by atoms with E-state index in [9.17, 15) is 4.79 Å². The normalized spacial score (nSPS) is 16.0. The fourth-order valence-corrected chi connectivity index (χ4v) is 3.29. The zero-order valence-electron chi connectivity index (χ0n) is 18.2. The lowest BCUT2D eigenvalue weighted by atomic mass is 10.2. The van der Waals surface area contributed by atoms with E-state index < -0.39 is 0 Å². The van der Waals surface area contributed by atoms with E-state index in [0.717, 1.165) is 29.8 Å². The van der Waals surface area contributed by atoms with Crippen molar-refractivity contribution in [3.05, 3.63) is 48.0 Å². The molecule has 1 aliphatic heterocycles. The van der Waals surface area contributed by atoms with Gasteiger partial charge < -0.3 is 30.2 Å². The van der Waals surface area contributed by atoms with Crippen molar-refractivity contribution in [3.63, 3.8) is 0 Å². The molecule has 8 nitrogen and oxygen atoms in total. The van der Waals surface area contributed by atoms with Crippen molar-refractivity contribution in [1.82, 2.24) is 5.32 Å². The van der Waals surface area contributed by atoms with Crippen molar-refractivity contribution >= 4 is 23.2 Å². The van der Waals surface area contributed by atoms with Crippen molar-refractivity contribution in [2.75, 3.05) is 38.0 Å². The van der Waals surface area contributed by atoms with Gasteiger partial charge in [0.1, 0.15) is 6.10 Å². The second kappa shape index (κ2) is 11.2. The van der Waals surface area contributed by atoms with Gasteiger partial charge in [0.15, 0.2) is 17.5 Å². The Morgan fingerprint density at radius 3 is 2.71 bits per heavy atom. The quantitative estimate of drug-likeness (QED) is 0.443. The molecule has 0 spiro atoms. The van der Waals surface area contributed by atoms with Crippen LogP contribution in [0.4, 0.5) is 11.4 Å². The number of carbonyl (C=O) groups excluding carboxylic acids is 1. The molecule has 0 radical (unpaired) electrons. The molecule has 1 amide bonds. The van der Waals surface area contributed by atoms with Crippen molar-refractivity contribution < 1.29 is 19.0 Å². The van der Waals surface area contributed by atoms with Crippen LogP contribution >= 0.6 is 0 Å². The largest absolute Gasteiger partial charge is 0.493 e. The van der Waals surface area contributed by atoms with Gasteiger partial charge in [0.2, 0.25) is 0 Å². The van der Waals surface area contributed by atoms with Gasteiger partial charge in [-0.05, 0) is 49.6 Å². The molecule has 1 atom stereocenters. The molecule has 2 aromatic carbocycles. The van der Waals surface area contributed by atoms with Crippen molar-refractivity contribution in [2.24, 2.45) is 4.99 Å². The molecule has 2 aromatic rings. The Hall–Kier alpha value is -3.26. The molecule has 1 aliphatic rings. The Balaban J connectivity index is 1.57. The number of methoxy groups -OCH3 is 1. The van der Waals surface area contributed by atoms with Crippen LogP contribution in [0, 0.1) is 0 Å². The zero-order valence-corrected chi connectivity index (χ0v) is 18.2. The number of carbonyl (C=O) groups is 1. The van der Waals surface area contributed by atoms with Gasteiger partial charge in [-0.2, -0.15) is 0 Å². The van der Waals surface area contributed by atoms with E-state index in [1.165, 1.54) is 0 Å². The molecular formula is C23H30N4O4. The molecule has 0 saturated carbocycles. The fourth-order valence-electron chi connectivity index (χ4n) is 3.29. The standard InChI is InChI=1S/C23H30N4O4/c1-4-30-19-11-10-18(14-21(19)29-3)27-23(24-2)25-15-16-7-5-8-17(13-16)26-22(28)20-9-6-12-31-20/h5,7-8,10-11,13-14,20H,4,6,9,12,15H2,1-3H3,(H,26,28)(H2,24,25,27). The summed E-state index contributed by atoms with van der Waals surface area (Å²) in [4.78, 5) is 16.5. The number of aliphatic imine (C=N–C) groups is 1. The number of ether oxygens (including phenoxy) is 3. The van der Waals surface area contributed by atoms with E-state index in [4.69, 9.17) is 14.2 Å². The summed E-state index contributed by atoms with van der Waals surface area (Å²) in [5.41, 5.74) is 2.59. The number of anilines is 2. The molecule has 0 aromatic heterocycles. The van der Waals surface area contributed by atoms with E-state index in [0.29, 0.717) is 37.2 Å². The van der Waals surface area contributed by atoms with Gasteiger partial charge in [-0.3, -0.25) is 9.79 Å². The lowest BCUT2D eigenvalue weighted by molar-refractivity contribution is -0.124. The van der Waals surface area contributed by atoms with Crippen LogP contribution in [0.2, 0.25) is 0 Å². The molecular weight excluding hydrogens is 396 g/mol. The van der Waals surface area contributed by atoms with Crippen LogP contribution in [-0.2, 0) is 16.1 Å². The van der Waals surface area contributed by atoms with Crippen LogP contribution in [0.25, 0.3) is 0 Å². The van der Waals surface area contributed by atoms with E-state index in [1.54, 1.807) is 14.2 Å². The molecule has 0 bridgehead atoms. The highest BCUT2D eigenvalue weighted by Crippen LogP contribution is 2.30. The number of amides is 1. The van der Waals surface area contributed by atoms with Crippen LogP contribution in [0.15, 0.2) is 47.5 Å². The molecule has 31 heavy (non-hydrogen) atoms. The van der Waals surface area contributed by atoms with Gasteiger partial charge in [0, 0.05) is 37.6 Å². The number of nitrogens with one attached hydrogen (secondary N) is 3. The Morgan fingerprint density at radius 1 is 1.16 bits per heavy atom. The number of hydrogen-bond acceptors (Lipinski definition) is 5. The van der Waals surface area contributed by atoms with Crippen molar-refractivity contribution in [3.8, 4) is 11.5 Å². The monoisotopic (exact) mass is 426 g/mol. The lowest BCUT2D eigenvalue weighted by Gasteiger charge is -2.15. The van der Waals surface area contributed by atoms with Crippen LogP contribution in [0.1, 0.15) is 25.3 Å². The maximum absolute atomic E-state index is 12.3. The molecule has 1 fully saturated rings.